The van der Waals surface area contributed by atoms with Crippen molar-refractivity contribution in [1.29, 1.82) is 0 Å². The van der Waals surface area contributed by atoms with E-state index in [2.05, 4.69) is 42.3 Å². The van der Waals surface area contributed by atoms with Crippen LogP contribution in [0.1, 0.15) is 5.82 Å². The van der Waals surface area contributed by atoms with Crippen LogP contribution in [-0.4, -0.2) is 26.6 Å². The van der Waals surface area contributed by atoms with Crippen LogP contribution in [0.25, 0.3) is 22.3 Å². The van der Waals surface area contributed by atoms with Crippen molar-refractivity contribution in [2.24, 2.45) is 7.05 Å². The summed E-state index contributed by atoms with van der Waals surface area (Å²) in [5, 5.41) is 3.12. The third kappa shape index (κ3) is 2.06. The van der Waals surface area contributed by atoms with Gasteiger partial charge < -0.3 is 14.9 Å². The van der Waals surface area contributed by atoms with Crippen molar-refractivity contribution in [3.8, 4) is 11.3 Å². The second-order valence-electron chi connectivity index (χ2n) is 4.39. The predicted molar refractivity (Wildman–Crippen MR) is 78.8 cm³/mol. The van der Waals surface area contributed by atoms with Crippen molar-refractivity contribution in [3.63, 3.8) is 0 Å². The molecule has 0 unspecified atom stereocenters. The molecule has 0 saturated heterocycles. The maximum atomic E-state index is 4.68. The van der Waals surface area contributed by atoms with E-state index in [0.717, 1.165) is 39.3 Å². The molecule has 6 heteroatoms. The van der Waals surface area contributed by atoms with Crippen LogP contribution in [0.3, 0.4) is 0 Å². The third-order valence-corrected chi connectivity index (χ3v) is 4.05. The molecule has 0 bridgehead atoms. The number of halogens is 1. The Hall–Kier alpha value is -1.66. The van der Waals surface area contributed by atoms with Gasteiger partial charge in [-0.15, -0.1) is 0 Å². The number of H-pyrrole nitrogens is 1. The highest BCUT2D eigenvalue weighted by atomic mass is 79.9. The van der Waals surface area contributed by atoms with Crippen LogP contribution in [0.4, 0.5) is 0 Å². The summed E-state index contributed by atoms with van der Waals surface area (Å²) in [6.07, 6.45) is 1.70. The molecule has 1 aromatic carbocycles. The maximum Gasteiger partial charge on any atom is 0.124 e. The molecule has 19 heavy (non-hydrogen) atoms. The Labute approximate surface area is 119 Å². The third-order valence-electron chi connectivity index (χ3n) is 3.15. The molecule has 0 amide bonds. The number of benzene rings is 1. The van der Waals surface area contributed by atoms with Gasteiger partial charge in [0, 0.05) is 12.6 Å². The molecule has 0 fully saturated rings. The van der Waals surface area contributed by atoms with Crippen LogP contribution < -0.4 is 5.32 Å². The summed E-state index contributed by atoms with van der Waals surface area (Å²) in [5.41, 5.74) is 4.00. The molecule has 0 atom stereocenters. The van der Waals surface area contributed by atoms with Crippen molar-refractivity contribution >= 4 is 27.0 Å². The molecular weight excluding hydrogens is 306 g/mol. The van der Waals surface area contributed by atoms with E-state index in [1.54, 1.807) is 6.33 Å². The molecule has 0 aliphatic heterocycles. The topological polar surface area (TPSA) is 58.5 Å². The predicted octanol–water partition coefficient (Wildman–Crippen LogP) is 2.45. The minimum Gasteiger partial charge on any atom is -0.345 e. The Balaban J connectivity index is 2.12. The first-order chi connectivity index (χ1) is 9.20. The Bertz CT molecular complexity index is 728. The fourth-order valence-electron chi connectivity index (χ4n) is 2.11. The highest BCUT2D eigenvalue weighted by molar-refractivity contribution is 9.10. The standard InChI is InChI=1S/C13H14BrN5/c1-15-6-11-18-12(13(14)19(11)2)8-3-4-9-10(5-8)17-7-16-9/h3-5,7,15H,6H2,1-2H3,(H,16,17). The van der Waals surface area contributed by atoms with Gasteiger partial charge in [0.15, 0.2) is 0 Å². The second-order valence-corrected chi connectivity index (χ2v) is 5.14. The summed E-state index contributed by atoms with van der Waals surface area (Å²) >= 11 is 3.61. The van der Waals surface area contributed by atoms with Gasteiger partial charge in [0.2, 0.25) is 0 Å². The Kier molecular flexibility index (Phi) is 3.12. The number of hydrogen-bond donors (Lipinski definition) is 2. The number of nitrogens with zero attached hydrogens (tertiary/aromatic N) is 3. The fourth-order valence-corrected chi connectivity index (χ4v) is 2.63. The van der Waals surface area contributed by atoms with Crippen molar-refractivity contribution < 1.29 is 0 Å². The summed E-state index contributed by atoms with van der Waals surface area (Å²) in [4.78, 5) is 12.0. The quantitative estimate of drug-likeness (QED) is 0.779. The Morgan fingerprint density at radius 1 is 1.42 bits per heavy atom. The molecule has 98 valence electrons. The van der Waals surface area contributed by atoms with Crippen molar-refractivity contribution in [3.05, 3.63) is 35.0 Å². The first-order valence-corrected chi connectivity index (χ1v) is 6.79. The van der Waals surface area contributed by atoms with Crippen LogP contribution in [-0.2, 0) is 13.6 Å². The van der Waals surface area contributed by atoms with E-state index in [1.807, 2.05) is 30.8 Å². The Morgan fingerprint density at radius 3 is 3.05 bits per heavy atom. The highest BCUT2D eigenvalue weighted by Gasteiger charge is 2.14. The molecular formula is C13H14BrN5. The molecule has 0 aliphatic rings. The smallest absolute Gasteiger partial charge is 0.124 e. The van der Waals surface area contributed by atoms with Gasteiger partial charge in [-0.3, -0.25) is 0 Å². The molecule has 2 heterocycles. The fraction of sp³-hybridized carbons (Fsp3) is 0.231. The summed E-state index contributed by atoms with van der Waals surface area (Å²) in [7, 11) is 3.92. The zero-order valence-corrected chi connectivity index (χ0v) is 12.3. The summed E-state index contributed by atoms with van der Waals surface area (Å²) in [5.74, 6) is 0.995. The van der Waals surface area contributed by atoms with E-state index >= 15 is 0 Å². The van der Waals surface area contributed by atoms with E-state index < -0.39 is 0 Å². The average Bonchev–Trinajstić information content (AvgIpc) is 2.98. The molecule has 0 radical (unpaired) electrons. The molecule has 2 N–H and O–H groups in total. The average molecular weight is 320 g/mol. The number of fused-ring (bicyclic) bond motifs is 1. The molecule has 2 aromatic heterocycles. The molecule has 3 aromatic rings. The number of hydrogen-bond acceptors (Lipinski definition) is 3. The van der Waals surface area contributed by atoms with Gasteiger partial charge in [-0.05, 0) is 35.1 Å². The number of imidazole rings is 2. The Morgan fingerprint density at radius 2 is 2.26 bits per heavy atom. The van der Waals surface area contributed by atoms with Gasteiger partial charge in [-0.2, -0.15) is 0 Å². The van der Waals surface area contributed by atoms with Gasteiger partial charge in [-0.1, -0.05) is 6.07 Å². The number of aromatic amines is 1. The summed E-state index contributed by atoms with van der Waals surface area (Å²) in [6, 6.07) is 6.11. The molecule has 5 nitrogen and oxygen atoms in total. The lowest BCUT2D eigenvalue weighted by atomic mass is 10.1. The lowest BCUT2D eigenvalue weighted by Gasteiger charge is -2.00. The SMILES string of the molecule is CNCc1nc(-c2ccc3nc[nH]c3c2)c(Br)n1C. The van der Waals surface area contributed by atoms with Crippen molar-refractivity contribution in [2.45, 2.75) is 6.54 Å². The van der Waals surface area contributed by atoms with Gasteiger partial charge in [0.05, 0.1) is 23.9 Å². The van der Waals surface area contributed by atoms with Gasteiger partial charge in [0.25, 0.3) is 0 Å². The largest absolute Gasteiger partial charge is 0.345 e. The van der Waals surface area contributed by atoms with Gasteiger partial charge >= 0.3 is 0 Å². The number of aromatic nitrogens is 4. The minimum absolute atomic E-state index is 0.738. The molecule has 3 rings (SSSR count). The zero-order valence-electron chi connectivity index (χ0n) is 10.7. The van der Waals surface area contributed by atoms with Crippen LogP contribution in [0.2, 0.25) is 0 Å². The van der Waals surface area contributed by atoms with Crippen LogP contribution in [0.5, 0.6) is 0 Å². The number of rotatable bonds is 3. The van der Waals surface area contributed by atoms with Crippen LogP contribution >= 0.6 is 15.9 Å². The molecule has 0 spiro atoms. The van der Waals surface area contributed by atoms with E-state index in [0.29, 0.717) is 0 Å². The van der Waals surface area contributed by atoms with E-state index in [-0.39, 0.29) is 0 Å². The molecule has 0 saturated carbocycles. The van der Waals surface area contributed by atoms with Gasteiger partial charge in [-0.25, -0.2) is 9.97 Å². The molecule has 0 aliphatic carbocycles. The lowest BCUT2D eigenvalue weighted by molar-refractivity contribution is 0.704. The highest BCUT2D eigenvalue weighted by Crippen LogP contribution is 2.29. The first kappa shape index (κ1) is 12.4. The van der Waals surface area contributed by atoms with Crippen LogP contribution in [0, 0.1) is 0 Å². The van der Waals surface area contributed by atoms with Crippen molar-refractivity contribution in [2.75, 3.05) is 7.05 Å². The second kappa shape index (κ2) is 4.79. The lowest BCUT2D eigenvalue weighted by Crippen LogP contribution is -2.10. The maximum absolute atomic E-state index is 4.68. The minimum atomic E-state index is 0.738. The summed E-state index contributed by atoms with van der Waals surface area (Å²) < 4.78 is 3.03. The van der Waals surface area contributed by atoms with E-state index in [9.17, 15) is 0 Å². The normalized spacial score (nSPS) is 11.3. The monoisotopic (exact) mass is 319 g/mol. The first-order valence-electron chi connectivity index (χ1n) is 6.00. The van der Waals surface area contributed by atoms with E-state index in [1.165, 1.54) is 0 Å². The van der Waals surface area contributed by atoms with Gasteiger partial charge in [0.1, 0.15) is 16.1 Å². The zero-order chi connectivity index (χ0) is 13.4. The number of nitrogens with one attached hydrogen (secondary N) is 2. The van der Waals surface area contributed by atoms with E-state index in [4.69, 9.17) is 0 Å². The van der Waals surface area contributed by atoms with Crippen LogP contribution in [0.15, 0.2) is 29.1 Å². The summed E-state index contributed by atoms with van der Waals surface area (Å²) in [6.45, 7) is 0.738. The van der Waals surface area contributed by atoms with Crippen molar-refractivity contribution in [1.82, 2.24) is 24.8 Å².